The van der Waals surface area contributed by atoms with Gasteiger partial charge in [0.25, 0.3) is 0 Å². The Balaban J connectivity index is 2.53. The van der Waals surface area contributed by atoms with Crippen LogP contribution in [-0.4, -0.2) is 6.61 Å². The number of hydrogen-bond donors (Lipinski definition) is 0. The minimum absolute atomic E-state index is 0.0333. The van der Waals surface area contributed by atoms with E-state index in [1.807, 2.05) is 0 Å². The minimum Gasteiger partial charge on any atom is -0.489 e. The third-order valence-corrected chi connectivity index (χ3v) is 2.19. The quantitative estimate of drug-likeness (QED) is 0.740. The zero-order valence-corrected chi connectivity index (χ0v) is 9.03. The SMILES string of the molecule is C=CCOc1ccc2c(=O)cc(C)oc2c1. The maximum atomic E-state index is 11.6. The summed E-state index contributed by atoms with van der Waals surface area (Å²) in [7, 11) is 0. The van der Waals surface area contributed by atoms with Gasteiger partial charge in [0.1, 0.15) is 23.7 Å². The van der Waals surface area contributed by atoms with Crippen molar-refractivity contribution in [3.63, 3.8) is 0 Å². The van der Waals surface area contributed by atoms with Gasteiger partial charge in [0.05, 0.1) is 5.39 Å². The van der Waals surface area contributed by atoms with Crippen molar-refractivity contribution in [2.24, 2.45) is 0 Å². The van der Waals surface area contributed by atoms with E-state index in [0.29, 0.717) is 29.1 Å². The fraction of sp³-hybridized carbons (Fsp3) is 0.154. The summed E-state index contributed by atoms with van der Waals surface area (Å²) >= 11 is 0. The average molecular weight is 216 g/mol. The predicted octanol–water partition coefficient (Wildman–Crippen LogP) is 2.67. The molecule has 0 saturated heterocycles. The number of benzene rings is 1. The largest absolute Gasteiger partial charge is 0.489 e. The highest BCUT2D eigenvalue weighted by molar-refractivity contribution is 5.77. The highest BCUT2D eigenvalue weighted by atomic mass is 16.5. The molecule has 3 nitrogen and oxygen atoms in total. The lowest BCUT2D eigenvalue weighted by Crippen LogP contribution is -2.00. The van der Waals surface area contributed by atoms with Gasteiger partial charge >= 0.3 is 0 Å². The van der Waals surface area contributed by atoms with Crippen LogP contribution < -0.4 is 10.2 Å². The lowest BCUT2D eigenvalue weighted by molar-refractivity contribution is 0.363. The molecule has 0 N–H and O–H groups in total. The zero-order valence-electron chi connectivity index (χ0n) is 9.03. The number of fused-ring (bicyclic) bond motifs is 1. The summed E-state index contributed by atoms with van der Waals surface area (Å²) in [6.07, 6.45) is 1.66. The van der Waals surface area contributed by atoms with Gasteiger partial charge in [-0.3, -0.25) is 4.79 Å². The molecule has 1 heterocycles. The molecule has 0 radical (unpaired) electrons. The van der Waals surface area contributed by atoms with Crippen molar-refractivity contribution in [3.8, 4) is 5.75 Å². The van der Waals surface area contributed by atoms with Gasteiger partial charge in [-0.2, -0.15) is 0 Å². The molecule has 0 saturated carbocycles. The number of rotatable bonds is 3. The normalized spacial score (nSPS) is 10.3. The summed E-state index contributed by atoms with van der Waals surface area (Å²) in [5, 5.41) is 0.566. The lowest BCUT2D eigenvalue weighted by atomic mass is 10.2. The first-order valence-electron chi connectivity index (χ1n) is 4.99. The molecule has 2 aromatic rings. The van der Waals surface area contributed by atoms with Crippen LogP contribution in [0.4, 0.5) is 0 Å². The standard InChI is InChI=1S/C13H12O3/c1-3-6-15-10-4-5-11-12(14)7-9(2)16-13(11)8-10/h3-5,7-8H,1,6H2,2H3. The second-order valence-corrected chi connectivity index (χ2v) is 3.48. The zero-order chi connectivity index (χ0) is 11.5. The fourth-order valence-electron chi connectivity index (χ4n) is 1.50. The van der Waals surface area contributed by atoms with Crippen LogP contribution in [0.15, 0.2) is 46.1 Å². The second-order valence-electron chi connectivity index (χ2n) is 3.48. The van der Waals surface area contributed by atoms with Crippen LogP contribution >= 0.6 is 0 Å². The van der Waals surface area contributed by atoms with Crippen molar-refractivity contribution in [2.45, 2.75) is 6.92 Å². The highest BCUT2D eigenvalue weighted by Crippen LogP contribution is 2.19. The van der Waals surface area contributed by atoms with E-state index in [2.05, 4.69) is 6.58 Å². The van der Waals surface area contributed by atoms with Gasteiger partial charge in [-0.15, -0.1) is 0 Å². The molecule has 0 unspecified atom stereocenters. The van der Waals surface area contributed by atoms with Crippen LogP contribution in [0.3, 0.4) is 0 Å². The van der Waals surface area contributed by atoms with Gasteiger partial charge in [-0.05, 0) is 19.1 Å². The Hall–Kier alpha value is -2.03. The number of aryl methyl sites for hydroxylation is 1. The molecular weight excluding hydrogens is 204 g/mol. The summed E-state index contributed by atoms with van der Waals surface area (Å²) in [6.45, 7) is 5.75. The maximum Gasteiger partial charge on any atom is 0.192 e. The van der Waals surface area contributed by atoms with Gasteiger partial charge in [0.15, 0.2) is 5.43 Å². The molecule has 2 rings (SSSR count). The first kappa shape index (κ1) is 10.5. The Labute approximate surface area is 93.0 Å². The van der Waals surface area contributed by atoms with Crippen LogP contribution in [0, 0.1) is 6.92 Å². The monoisotopic (exact) mass is 216 g/mol. The molecule has 16 heavy (non-hydrogen) atoms. The molecule has 1 aromatic heterocycles. The Morgan fingerprint density at radius 3 is 3.00 bits per heavy atom. The molecule has 82 valence electrons. The average Bonchev–Trinajstić information content (AvgIpc) is 2.25. The first-order chi connectivity index (χ1) is 7.70. The minimum atomic E-state index is -0.0333. The Bertz CT molecular complexity index is 581. The molecule has 0 aliphatic heterocycles. The Morgan fingerprint density at radius 1 is 1.44 bits per heavy atom. The smallest absolute Gasteiger partial charge is 0.192 e. The molecule has 0 spiro atoms. The van der Waals surface area contributed by atoms with E-state index in [9.17, 15) is 4.79 Å². The van der Waals surface area contributed by atoms with Crippen LogP contribution in [0.1, 0.15) is 5.76 Å². The van der Waals surface area contributed by atoms with Crippen molar-refractivity contribution in [2.75, 3.05) is 6.61 Å². The van der Waals surface area contributed by atoms with Gasteiger partial charge in [0.2, 0.25) is 0 Å². The summed E-state index contributed by atoms with van der Waals surface area (Å²) in [4.78, 5) is 11.6. The van der Waals surface area contributed by atoms with E-state index >= 15 is 0 Å². The molecule has 0 bridgehead atoms. The highest BCUT2D eigenvalue weighted by Gasteiger charge is 2.03. The van der Waals surface area contributed by atoms with E-state index in [0.717, 1.165) is 0 Å². The van der Waals surface area contributed by atoms with Crippen molar-refractivity contribution in [1.29, 1.82) is 0 Å². The van der Waals surface area contributed by atoms with Crippen LogP contribution in [0.5, 0.6) is 5.75 Å². The molecule has 1 aromatic carbocycles. The van der Waals surface area contributed by atoms with Crippen LogP contribution in [0.2, 0.25) is 0 Å². The molecule has 3 heteroatoms. The fourth-order valence-corrected chi connectivity index (χ4v) is 1.50. The summed E-state index contributed by atoms with van der Waals surface area (Å²) in [6, 6.07) is 6.65. The Morgan fingerprint density at radius 2 is 2.25 bits per heavy atom. The van der Waals surface area contributed by atoms with Crippen molar-refractivity contribution in [3.05, 3.63) is 52.9 Å². The van der Waals surface area contributed by atoms with E-state index in [4.69, 9.17) is 9.15 Å². The van der Waals surface area contributed by atoms with Gasteiger partial charge in [0, 0.05) is 12.1 Å². The first-order valence-corrected chi connectivity index (χ1v) is 4.99. The molecule has 0 atom stereocenters. The van der Waals surface area contributed by atoms with Gasteiger partial charge < -0.3 is 9.15 Å². The summed E-state index contributed by atoms with van der Waals surface area (Å²) in [5.74, 6) is 1.26. The van der Waals surface area contributed by atoms with Crippen molar-refractivity contribution in [1.82, 2.24) is 0 Å². The third-order valence-electron chi connectivity index (χ3n) is 2.19. The second kappa shape index (κ2) is 4.23. The molecule has 0 aliphatic carbocycles. The van der Waals surface area contributed by atoms with E-state index in [1.165, 1.54) is 6.07 Å². The van der Waals surface area contributed by atoms with Gasteiger partial charge in [-0.25, -0.2) is 0 Å². The van der Waals surface area contributed by atoms with E-state index in [1.54, 1.807) is 31.2 Å². The third kappa shape index (κ3) is 1.98. The lowest BCUT2D eigenvalue weighted by Gasteiger charge is -2.04. The molecular formula is C13H12O3. The molecule has 0 aliphatic rings. The van der Waals surface area contributed by atoms with Crippen molar-refractivity contribution < 1.29 is 9.15 Å². The van der Waals surface area contributed by atoms with Crippen molar-refractivity contribution >= 4 is 11.0 Å². The maximum absolute atomic E-state index is 11.6. The number of hydrogen-bond acceptors (Lipinski definition) is 3. The molecule has 0 amide bonds. The van der Waals surface area contributed by atoms with Crippen LogP contribution in [-0.2, 0) is 0 Å². The summed E-state index contributed by atoms with van der Waals surface area (Å²) < 4.78 is 10.8. The van der Waals surface area contributed by atoms with E-state index < -0.39 is 0 Å². The molecule has 0 fully saturated rings. The predicted molar refractivity (Wildman–Crippen MR) is 62.9 cm³/mol. The summed E-state index contributed by atoms with van der Waals surface area (Å²) in [5.41, 5.74) is 0.514. The number of ether oxygens (including phenoxy) is 1. The van der Waals surface area contributed by atoms with E-state index in [-0.39, 0.29) is 5.43 Å². The van der Waals surface area contributed by atoms with Crippen LogP contribution in [0.25, 0.3) is 11.0 Å². The Kier molecular flexibility index (Phi) is 2.77. The van der Waals surface area contributed by atoms with Gasteiger partial charge in [-0.1, -0.05) is 12.7 Å². The topological polar surface area (TPSA) is 39.4 Å².